The van der Waals surface area contributed by atoms with Gasteiger partial charge in [-0.2, -0.15) is 16.4 Å². The van der Waals surface area contributed by atoms with E-state index in [0.717, 1.165) is 16.1 Å². The van der Waals surface area contributed by atoms with Gasteiger partial charge in [-0.05, 0) is 48.0 Å². The first-order valence-electron chi connectivity index (χ1n) is 6.26. The minimum absolute atomic E-state index is 0.264. The summed E-state index contributed by atoms with van der Waals surface area (Å²) in [6, 6.07) is 8.11. The molecule has 106 valence electrons. The number of halogens is 1. The van der Waals surface area contributed by atoms with Gasteiger partial charge >= 0.3 is 0 Å². The van der Waals surface area contributed by atoms with Gasteiger partial charge in [0.15, 0.2) is 0 Å². The maximum absolute atomic E-state index is 12.9. The van der Waals surface area contributed by atoms with Crippen LogP contribution in [0.15, 0.2) is 56.6 Å². The molecule has 1 aromatic carbocycles. The second kappa shape index (κ2) is 6.15. The van der Waals surface area contributed by atoms with E-state index in [1.807, 2.05) is 29.1 Å². The highest BCUT2D eigenvalue weighted by Gasteiger charge is 2.00. The van der Waals surface area contributed by atoms with E-state index in [9.17, 15) is 4.39 Å². The topological polar surface area (TPSA) is 29.6 Å². The summed E-state index contributed by atoms with van der Waals surface area (Å²) in [7, 11) is 0. The molecule has 21 heavy (non-hydrogen) atoms. The number of hydrogen-bond acceptors (Lipinski definition) is 4. The van der Waals surface area contributed by atoms with Gasteiger partial charge in [-0.15, -0.1) is 11.3 Å². The molecule has 0 radical (unpaired) electrons. The van der Waals surface area contributed by atoms with Crippen molar-refractivity contribution in [3.8, 4) is 0 Å². The smallest absolute Gasteiger partial charge is 0.211 e. The van der Waals surface area contributed by atoms with E-state index < -0.39 is 0 Å². The molecule has 0 aliphatic rings. The Morgan fingerprint density at radius 1 is 1.14 bits per heavy atom. The Kier molecular flexibility index (Phi) is 4.08. The molecule has 0 aliphatic heterocycles. The number of thiazole rings is 1. The second-order valence-corrected chi connectivity index (χ2v) is 5.98. The SMILES string of the molecule is Cc1csc(=Nc2ccc(F)cc2)n1N=Cc1ccsc1. The molecule has 3 rings (SSSR count). The highest BCUT2D eigenvalue weighted by atomic mass is 32.1. The van der Waals surface area contributed by atoms with Gasteiger partial charge in [-0.3, -0.25) is 0 Å². The molecule has 3 aromatic rings. The van der Waals surface area contributed by atoms with Crippen molar-refractivity contribution in [1.82, 2.24) is 4.68 Å². The van der Waals surface area contributed by atoms with E-state index in [1.54, 1.807) is 34.4 Å². The van der Waals surface area contributed by atoms with Gasteiger partial charge in [0, 0.05) is 10.9 Å². The molecule has 6 heteroatoms. The Bertz CT molecular complexity index is 811. The lowest BCUT2D eigenvalue weighted by molar-refractivity contribution is 0.628. The summed E-state index contributed by atoms with van der Waals surface area (Å²) in [5.74, 6) is -0.264. The number of rotatable bonds is 3. The van der Waals surface area contributed by atoms with Crippen LogP contribution in [0.3, 0.4) is 0 Å². The van der Waals surface area contributed by atoms with Crippen molar-refractivity contribution in [3.63, 3.8) is 0 Å². The first-order chi connectivity index (χ1) is 10.2. The number of nitrogens with zero attached hydrogens (tertiary/aromatic N) is 3. The van der Waals surface area contributed by atoms with Crippen molar-refractivity contribution in [2.75, 3.05) is 0 Å². The third-order valence-corrected chi connectivity index (χ3v) is 4.40. The average Bonchev–Trinajstić information content (AvgIpc) is 3.10. The largest absolute Gasteiger partial charge is 0.220 e. The Morgan fingerprint density at radius 2 is 1.95 bits per heavy atom. The maximum Gasteiger partial charge on any atom is 0.211 e. The molecule has 0 unspecified atom stereocenters. The molecule has 3 nitrogen and oxygen atoms in total. The van der Waals surface area contributed by atoms with Crippen LogP contribution in [0.4, 0.5) is 10.1 Å². The lowest BCUT2D eigenvalue weighted by atomic mass is 10.3. The highest BCUT2D eigenvalue weighted by molar-refractivity contribution is 7.08. The summed E-state index contributed by atoms with van der Waals surface area (Å²) >= 11 is 3.14. The molecular formula is C15H12FN3S2. The number of thiophene rings is 1. The molecule has 2 heterocycles. The predicted octanol–water partition coefficient (Wildman–Crippen LogP) is 4.17. The summed E-state index contributed by atoms with van der Waals surface area (Å²) in [6.45, 7) is 1.98. The minimum atomic E-state index is -0.264. The minimum Gasteiger partial charge on any atom is -0.220 e. The van der Waals surface area contributed by atoms with Crippen molar-refractivity contribution in [3.05, 3.63) is 68.3 Å². The second-order valence-electron chi connectivity index (χ2n) is 4.36. The Morgan fingerprint density at radius 3 is 2.67 bits per heavy atom. The zero-order chi connectivity index (χ0) is 14.7. The van der Waals surface area contributed by atoms with Crippen LogP contribution in [0, 0.1) is 12.7 Å². The number of aryl methyl sites for hydroxylation is 1. The van der Waals surface area contributed by atoms with Crippen molar-refractivity contribution < 1.29 is 4.39 Å². The maximum atomic E-state index is 12.9. The standard InChI is InChI=1S/C15H12FN3S2/c1-11-9-21-15(18-14-4-2-13(16)3-5-14)19(11)17-8-12-6-7-20-10-12/h2-10H,1H3. The molecule has 2 aromatic heterocycles. The van der Waals surface area contributed by atoms with Gasteiger partial charge in [0.2, 0.25) is 4.80 Å². The third kappa shape index (κ3) is 3.34. The van der Waals surface area contributed by atoms with Crippen LogP contribution in [0.5, 0.6) is 0 Å². The van der Waals surface area contributed by atoms with Crippen LogP contribution in [0.2, 0.25) is 0 Å². The van der Waals surface area contributed by atoms with E-state index in [2.05, 4.69) is 10.1 Å². The quantitative estimate of drug-likeness (QED) is 0.649. The molecule has 0 saturated heterocycles. The summed E-state index contributed by atoms with van der Waals surface area (Å²) in [5.41, 5.74) is 2.77. The fraction of sp³-hybridized carbons (Fsp3) is 0.0667. The summed E-state index contributed by atoms with van der Waals surface area (Å²) in [5, 5.41) is 10.5. The van der Waals surface area contributed by atoms with Gasteiger partial charge in [0.25, 0.3) is 0 Å². The van der Waals surface area contributed by atoms with Crippen molar-refractivity contribution in [2.45, 2.75) is 6.92 Å². The molecule has 0 N–H and O–H groups in total. The Labute approximate surface area is 129 Å². The number of benzene rings is 1. The third-order valence-electron chi connectivity index (χ3n) is 2.77. The fourth-order valence-electron chi connectivity index (χ4n) is 1.70. The predicted molar refractivity (Wildman–Crippen MR) is 86.0 cm³/mol. The van der Waals surface area contributed by atoms with E-state index in [-0.39, 0.29) is 5.82 Å². The fourth-order valence-corrected chi connectivity index (χ4v) is 3.14. The first kappa shape index (κ1) is 13.9. The Balaban J connectivity index is 1.98. The van der Waals surface area contributed by atoms with Crippen LogP contribution in [-0.2, 0) is 0 Å². The molecule has 0 atom stereocenters. The molecule has 0 amide bonds. The van der Waals surface area contributed by atoms with Crippen LogP contribution in [0.25, 0.3) is 0 Å². The van der Waals surface area contributed by atoms with Gasteiger partial charge in [-0.25, -0.2) is 14.1 Å². The molecule has 0 bridgehead atoms. The molecule has 0 saturated carbocycles. The van der Waals surface area contributed by atoms with E-state index >= 15 is 0 Å². The van der Waals surface area contributed by atoms with Crippen LogP contribution < -0.4 is 4.80 Å². The zero-order valence-electron chi connectivity index (χ0n) is 11.2. The van der Waals surface area contributed by atoms with Crippen molar-refractivity contribution >= 4 is 34.6 Å². The van der Waals surface area contributed by atoms with Gasteiger partial charge < -0.3 is 0 Å². The van der Waals surface area contributed by atoms with Crippen molar-refractivity contribution in [1.29, 1.82) is 0 Å². The monoisotopic (exact) mass is 317 g/mol. The molecule has 0 aliphatic carbocycles. The zero-order valence-corrected chi connectivity index (χ0v) is 12.9. The van der Waals surface area contributed by atoms with Gasteiger partial charge in [-0.1, -0.05) is 0 Å². The van der Waals surface area contributed by atoms with Crippen LogP contribution in [0.1, 0.15) is 11.3 Å². The lowest BCUT2D eigenvalue weighted by Gasteiger charge is -1.97. The summed E-state index contributed by atoms with van der Waals surface area (Å²) < 4.78 is 14.7. The number of hydrogen-bond donors (Lipinski definition) is 0. The molecular weight excluding hydrogens is 305 g/mol. The summed E-state index contributed by atoms with van der Waals surface area (Å²) in [4.78, 5) is 5.26. The van der Waals surface area contributed by atoms with E-state index in [0.29, 0.717) is 5.69 Å². The van der Waals surface area contributed by atoms with Crippen LogP contribution in [-0.4, -0.2) is 10.9 Å². The van der Waals surface area contributed by atoms with E-state index in [4.69, 9.17) is 0 Å². The van der Waals surface area contributed by atoms with E-state index in [1.165, 1.54) is 23.5 Å². The molecule has 0 spiro atoms. The highest BCUT2D eigenvalue weighted by Crippen LogP contribution is 2.12. The lowest BCUT2D eigenvalue weighted by Crippen LogP contribution is -2.11. The van der Waals surface area contributed by atoms with Crippen molar-refractivity contribution in [2.24, 2.45) is 10.1 Å². The summed E-state index contributed by atoms with van der Waals surface area (Å²) in [6.07, 6.45) is 1.81. The van der Waals surface area contributed by atoms with Crippen LogP contribution >= 0.6 is 22.7 Å². The number of aromatic nitrogens is 1. The van der Waals surface area contributed by atoms with Gasteiger partial charge in [0.1, 0.15) is 5.82 Å². The molecule has 0 fully saturated rings. The normalized spacial score (nSPS) is 12.4. The first-order valence-corrected chi connectivity index (χ1v) is 8.08. The Hall–Kier alpha value is -2.05. The average molecular weight is 317 g/mol. The van der Waals surface area contributed by atoms with Gasteiger partial charge in [0.05, 0.1) is 17.6 Å².